The summed E-state index contributed by atoms with van der Waals surface area (Å²) < 4.78 is 1.78. The average molecular weight is 310 g/mol. The SMILES string of the molecule is CCCCC(=O)n1c(=O)c2c(n(C)c1=O)N(OC=O)CN2C. The number of hydroxylamine groups is 1. The van der Waals surface area contributed by atoms with E-state index in [-0.39, 0.29) is 31.1 Å². The molecule has 0 spiro atoms. The zero-order chi connectivity index (χ0) is 16.4. The second-order valence-corrected chi connectivity index (χ2v) is 5.07. The molecule has 0 aromatic carbocycles. The molecule has 0 amide bonds. The molecule has 1 aromatic rings. The third-order valence-electron chi connectivity index (χ3n) is 3.54. The number of hydrogen-bond acceptors (Lipinski definition) is 7. The molecule has 0 unspecified atom stereocenters. The van der Waals surface area contributed by atoms with E-state index < -0.39 is 17.2 Å². The van der Waals surface area contributed by atoms with E-state index in [0.29, 0.717) is 11.0 Å². The van der Waals surface area contributed by atoms with Gasteiger partial charge in [-0.1, -0.05) is 13.3 Å². The van der Waals surface area contributed by atoms with Crippen LogP contribution < -0.4 is 21.2 Å². The molecule has 0 saturated heterocycles. The van der Waals surface area contributed by atoms with Crippen LogP contribution in [0.5, 0.6) is 0 Å². The van der Waals surface area contributed by atoms with Gasteiger partial charge in [-0.3, -0.25) is 19.0 Å². The molecule has 120 valence electrons. The highest BCUT2D eigenvalue weighted by Gasteiger charge is 2.33. The summed E-state index contributed by atoms with van der Waals surface area (Å²) in [6.45, 7) is 2.23. The Bertz CT molecular complexity index is 720. The summed E-state index contributed by atoms with van der Waals surface area (Å²) in [5, 5.41) is 1.13. The van der Waals surface area contributed by atoms with Crippen LogP contribution >= 0.6 is 0 Å². The first-order valence-electron chi connectivity index (χ1n) is 6.92. The monoisotopic (exact) mass is 310 g/mol. The lowest BCUT2D eigenvalue weighted by Gasteiger charge is -2.16. The van der Waals surface area contributed by atoms with Gasteiger partial charge in [-0.25, -0.2) is 4.79 Å². The maximum absolute atomic E-state index is 12.5. The van der Waals surface area contributed by atoms with Gasteiger partial charge in [-0.15, -0.1) is 0 Å². The van der Waals surface area contributed by atoms with Crippen LogP contribution in [0, 0.1) is 0 Å². The van der Waals surface area contributed by atoms with Crippen LogP contribution in [0.3, 0.4) is 0 Å². The molecule has 0 N–H and O–H groups in total. The molecule has 1 aliphatic heterocycles. The minimum Gasteiger partial charge on any atom is -0.346 e. The number of rotatable bonds is 5. The fourth-order valence-corrected chi connectivity index (χ4v) is 2.43. The van der Waals surface area contributed by atoms with Crippen molar-refractivity contribution in [3.05, 3.63) is 20.8 Å². The Morgan fingerprint density at radius 2 is 2.00 bits per heavy atom. The van der Waals surface area contributed by atoms with Crippen LogP contribution in [-0.2, 0) is 16.7 Å². The fourth-order valence-electron chi connectivity index (χ4n) is 2.43. The summed E-state index contributed by atoms with van der Waals surface area (Å²) in [4.78, 5) is 53.8. The molecule has 1 aliphatic rings. The van der Waals surface area contributed by atoms with Crippen molar-refractivity contribution in [2.24, 2.45) is 7.05 Å². The standard InChI is InChI=1S/C13H18N4O5/c1-4-5-6-9(19)17-12(20)10-11(15(3)13(17)21)16(22-8-18)7-14(10)2/h8H,4-7H2,1-3H3. The predicted molar refractivity (Wildman–Crippen MR) is 79.0 cm³/mol. The maximum Gasteiger partial charge on any atom is 0.339 e. The molecular weight excluding hydrogens is 292 g/mol. The topological polar surface area (TPSA) is 93.9 Å². The lowest BCUT2D eigenvalue weighted by Crippen LogP contribution is -2.44. The van der Waals surface area contributed by atoms with Gasteiger partial charge < -0.3 is 9.74 Å². The molecule has 0 aliphatic carbocycles. The highest BCUT2D eigenvalue weighted by Crippen LogP contribution is 2.29. The van der Waals surface area contributed by atoms with Gasteiger partial charge in [0.15, 0.2) is 5.82 Å². The second kappa shape index (κ2) is 6.04. The Morgan fingerprint density at radius 1 is 1.32 bits per heavy atom. The number of carbonyl (C=O) groups excluding carboxylic acids is 2. The van der Waals surface area contributed by atoms with Crippen LogP contribution in [-0.4, -0.2) is 35.2 Å². The third-order valence-corrected chi connectivity index (χ3v) is 3.54. The van der Waals surface area contributed by atoms with Gasteiger partial charge in [0.1, 0.15) is 12.4 Å². The van der Waals surface area contributed by atoms with Crippen molar-refractivity contribution in [2.45, 2.75) is 26.2 Å². The number of aromatic nitrogens is 2. The second-order valence-electron chi connectivity index (χ2n) is 5.07. The van der Waals surface area contributed by atoms with Crippen molar-refractivity contribution in [1.82, 2.24) is 9.13 Å². The summed E-state index contributed by atoms with van der Waals surface area (Å²) in [5.74, 6) is -0.373. The molecule has 0 fully saturated rings. The molecule has 0 saturated carbocycles. The van der Waals surface area contributed by atoms with E-state index in [0.717, 1.165) is 16.1 Å². The zero-order valence-electron chi connectivity index (χ0n) is 12.7. The van der Waals surface area contributed by atoms with E-state index >= 15 is 0 Å². The van der Waals surface area contributed by atoms with Crippen LogP contribution in [0.25, 0.3) is 0 Å². The Hall–Kier alpha value is -2.58. The quantitative estimate of drug-likeness (QED) is 0.688. The first-order valence-corrected chi connectivity index (χ1v) is 6.92. The van der Waals surface area contributed by atoms with Gasteiger partial charge in [0, 0.05) is 20.5 Å². The lowest BCUT2D eigenvalue weighted by atomic mass is 10.2. The van der Waals surface area contributed by atoms with E-state index in [1.165, 1.54) is 11.9 Å². The number of hydrogen-bond donors (Lipinski definition) is 0. The largest absolute Gasteiger partial charge is 0.346 e. The molecule has 9 nitrogen and oxygen atoms in total. The number of carbonyl (C=O) groups is 2. The van der Waals surface area contributed by atoms with E-state index in [2.05, 4.69) is 0 Å². The number of unbranched alkanes of at least 4 members (excludes halogenated alkanes) is 1. The molecule has 1 aromatic heterocycles. The van der Waals surface area contributed by atoms with E-state index in [1.54, 1.807) is 7.05 Å². The van der Waals surface area contributed by atoms with Crippen molar-refractivity contribution in [3.63, 3.8) is 0 Å². The fraction of sp³-hybridized carbons (Fsp3) is 0.538. The molecule has 2 heterocycles. The third kappa shape index (κ3) is 2.38. The first-order chi connectivity index (χ1) is 10.4. The van der Waals surface area contributed by atoms with Crippen molar-refractivity contribution in [2.75, 3.05) is 23.7 Å². The summed E-state index contributed by atoms with van der Waals surface area (Å²) in [6, 6.07) is 0. The highest BCUT2D eigenvalue weighted by molar-refractivity contribution is 5.81. The van der Waals surface area contributed by atoms with Crippen molar-refractivity contribution in [1.29, 1.82) is 0 Å². The summed E-state index contributed by atoms with van der Waals surface area (Å²) in [7, 11) is 3.03. The van der Waals surface area contributed by atoms with Crippen molar-refractivity contribution in [3.8, 4) is 0 Å². The van der Waals surface area contributed by atoms with Gasteiger partial charge >= 0.3 is 12.2 Å². The smallest absolute Gasteiger partial charge is 0.339 e. The molecule has 0 radical (unpaired) electrons. The van der Waals surface area contributed by atoms with Crippen LogP contribution in [0.2, 0.25) is 0 Å². The molecule has 0 atom stereocenters. The van der Waals surface area contributed by atoms with Gasteiger partial charge in [0.2, 0.25) is 5.91 Å². The predicted octanol–water partition coefficient (Wildman–Crippen LogP) is -0.321. The minimum atomic E-state index is -0.750. The van der Waals surface area contributed by atoms with Gasteiger partial charge in [0.05, 0.1) is 0 Å². The van der Waals surface area contributed by atoms with Gasteiger partial charge in [-0.05, 0) is 6.42 Å². The molecule has 22 heavy (non-hydrogen) atoms. The Balaban J connectivity index is 2.63. The van der Waals surface area contributed by atoms with Gasteiger partial charge in [-0.2, -0.15) is 9.63 Å². The van der Waals surface area contributed by atoms with Crippen LogP contribution in [0.1, 0.15) is 31.0 Å². The van der Waals surface area contributed by atoms with E-state index in [1.807, 2.05) is 6.92 Å². The van der Waals surface area contributed by atoms with Crippen molar-refractivity contribution >= 4 is 23.9 Å². The zero-order valence-corrected chi connectivity index (χ0v) is 12.7. The average Bonchev–Trinajstić information content (AvgIpc) is 2.80. The van der Waals surface area contributed by atoms with Crippen LogP contribution in [0.15, 0.2) is 9.59 Å². The number of fused-ring (bicyclic) bond motifs is 1. The van der Waals surface area contributed by atoms with Crippen molar-refractivity contribution < 1.29 is 14.4 Å². The van der Waals surface area contributed by atoms with E-state index in [9.17, 15) is 19.2 Å². The minimum absolute atomic E-state index is 0.101. The Kier molecular flexibility index (Phi) is 4.34. The Morgan fingerprint density at radius 3 is 2.59 bits per heavy atom. The number of nitrogens with zero attached hydrogens (tertiary/aromatic N) is 4. The molecular formula is C13H18N4O5. The Labute approximate surface area is 126 Å². The lowest BCUT2D eigenvalue weighted by molar-refractivity contribution is -0.129. The summed E-state index contributed by atoms with van der Waals surface area (Å²) >= 11 is 0. The first kappa shape index (κ1) is 15.8. The maximum atomic E-state index is 12.5. The molecule has 0 bridgehead atoms. The van der Waals surface area contributed by atoms with Gasteiger partial charge in [0.25, 0.3) is 5.56 Å². The molecule has 2 rings (SSSR count). The van der Waals surface area contributed by atoms with E-state index in [4.69, 9.17) is 4.84 Å². The van der Waals surface area contributed by atoms with Crippen LogP contribution in [0.4, 0.5) is 11.5 Å². The summed E-state index contributed by atoms with van der Waals surface area (Å²) in [5.41, 5.74) is -1.30. The number of anilines is 2. The normalized spacial score (nSPS) is 13.2. The molecule has 9 heteroatoms. The highest BCUT2D eigenvalue weighted by atomic mass is 16.7. The summed E-state index contributed by atoms with van der Waals surface area (Å²) in [6.07, 6.45) is 1.51.